The van der Waals surface area contributed by atoms with Crippen LogP contribution in [0.15, 0.2) is 52.2 Å². The summed E-state index contributed by atoms with van der Waals surface area (Å²) >= 11 is 8.01. The summed E-state index contributed by atoms with van der Waals surface area (Å²) < 4.78 is 12.7. The van der Waals surface area contributed by atoms with E-state index in [-0.39, 0.29) is 24.2 Å². The van der Waals surface area contributed by atoms with E-state index < -0.39 is 5.25 Å². The number of hydrogen-bond donors (Lipinski definition) is 0. The number of ether oxygens (including phenoxy) is 1. The van der Waals surface area contributed by atoms with Gasteiger partial charge in [0.05, 0.1) is 24.5 Å². The highest BCUT2D eigenvalue weighted by molar-refractivity contribution is 8.00. The number of aromatic nitrogens is 3. The lowest BCUT2D eigenvalue weighted by molar-refractivity contribution is -0.0804. The Morgan fingerprint density at radius 2 is 1.93 bits per heavy atom. The van der Waals surface area contributed by atoms with Crippen LogP contribution >= 0.6 is 23.4 Å². The average Bonchev–Trinajstić information content (AvgIpc) is 3.42. The third-order valence-electron chi connectivity index (χ3n) is 5.36. The van der Waals surface area contributed by atoms with Crippen molar-refractivity contribution < 1.29 is 13.9 Å². The van der Waals surface area contributed by atoms with Crippen LogP contribution in [0, 0.1) is 0 Å². The molecular formula is C21H21ClN4O3S. The predicted octanol–water partition coefficient (Wildman–Crippen LogP) is 4.16. The van der Waals surface area contributed by atoms with Crippen LogP contribution < -0.4 is 0 Å². The van der Waals surface area contributed by atoms with Crippen molar-refractivity contribution in [3.05, 3.63) is 53.2 Å². The number of rotatable bonds is 4. The van der Waals surface area contributed by atoms with Crippen LogP contribution in [0.3, 0.4) is 0 Å². The molecule has 30 heavy (non-hydrogen) atoms. The third-order valence-corrected chi connectivity index (χ3v) is 6.89. The van der Waals surface area contributed by atoms with Crippen molar-refractivity contribution in [3.8, 4) is 11.6 Å². The molecule has 0 radical (unpaired) electrons. The summed E-state index contributed by atoms with van der Waals surface area (Å²) in [4.78, 5) is 20.3. The molecule has 0 bridgehead atoms. The smallest absolute Gasteiger partial charge is 0.264 e. The van der Waals surface area contributed by atoms with Gasteiger partial charge in [0, 0.05) is 18.1 Å². The minimum atomic E-state index is -0.400. The fourth-order valence-electron chi connectivity index (χ4n) is 4.22. The normalized spacial score (nSPS) is 25.4. The number of carbonyl (C=O) groups is 1. The molecule has 4 atom stereocenters. The van der Waals surface area contributed by atoms with Gasteiger partial charge in [0.25, 0.3) is 5.91 Å². The molecule has 156 valence electrons. The van der Waals surface area contributed by atoms with Crippen molar-refractivity contribution in [1.82, 2.24) is 19.7 Å². The zero-order valence-corrected chi connectivity index (χ0v) is 18.1. The van der Waals surface area contributed by atoms with Crippen LogP contribution in [-0.4, -0.2) is 56.1 Å². The van der Waals surface area contributed by atoms with E-state index in [2.05, 4.69) is 28.8 Å². The number of thioether (sulfide) groups is 1. The molecule has 0 amide bonds. The second-order valence-electron chi connectivity index (χ2n) is 7.66. The van der Waals surface area contributed by atoms with Crippen molar-refractivity contribution >= 4 is 29.3 Å². The molecule has 5 rings (SSSR count). The van der Waals surface area contributed by atoms with Crippen LogP contribution in [0.1, 0.15) is 30.2 Å². The fraction of sp³-hybridized carbons (Fsp3) is 0.381. The SMILES string of the molecule is CC1CN(C(c2ccccc2Cl)C2Sc3nc(-c4ccco4)nn3C2=O)CC(C)O1. The second kappa shape index (κ2) is 7.85. The maximum atomic E-state index is 13.4. The first-order chi connectivity index (χ1) is 14.5. The Morgan fingerprint density at radius 3 is 2.60 bits per heavy atom. The lowest BCUT2D eigenvalue weighted by atomic mass is 9.99. The summed E-state index contributed by atoms with van der Waals surface area (Å²) in [6, 6.07) is 11.1. The Morgan fingerprint density at radius 1 is 1.17 bits per heavy atom. The molecule has 3 aromatic rings. The molecule has 1 fully saturated rings. The third kappa shape index (κ3) is 3.47. The lowest BCUT2D eigenvalue weighted by Crippen LogP contribution is -2.50. The molecule has 4 heterocycles. The number of fused-ring (bicyclic) bond motifs is 1. The van der Waals surface area contributed by atoms with Crippen LogP contribution in [0.2, 0.25) is 5.02 Å². The van der Waals surface area contributed by atoms with Gasteiger partial charge in [0.1, 0.15) is 5.25 Å². The number of hydrogen-bond acceptors (Lipinski definition) is 7. The molecule has 0 spiro atoms. The molecule has 9 heteroatoms. The Bertz CT molecular complexity index is 1060. The van der Waals surface area contributed by atoms with Crippen molar-refractivity contribution in [3.63, 3.8) is 0 Å². The van der Waals surface area contributed by atoms with Gasteiger partial charge in [-0.15, -0.1) is 5.10 Å². The van der Waals surface area contributed by atoms with Gasteiger partial charge in [-0.3, -0.25) is 9.69 Å². The lowest BCUT2D eigenvalue weighted by Gasteiger charge is -2.42. The largest absolute Gasteiger partial charge is 0.461 e. The van der Waals surface area contributed by atoms with E-state index >= 15 is 0 Å². The standard InChI is InChI=1S/C21H21ClN4O3S/c1-12-10-25(11-13(2)29-12)17(14-6-3-4-7-15(14)22)18-20(27)26-21(30-18)23-19(24-26)16-8-5-9-28-16/h3-9,12-13,17-18H,10-11H2,1-2H3. The number of carbonyl (C=O) groups excluding carboxylic acids is 1. The molecule has 0 aliphatic carbocycles. The van der Waals surface area contributed by atoms with Gasteiger partial charge in [0.15, 0.2) is 10.9 Å². The minimum Gasteiger partial charge on any atom is -0.461 e. The monoisotopic (exact) mass is 444 g/mol. The van der Waals surface area contributed by atoms with E-state index in [1.165, 1.54) is 16.4 Å². The summed E-state index contributed by atoms with van der Waals surface area (Å²) in [5, 5.41) is 5.22. The maximum Gasteiger partial charge on any atom is 0.264 e. The molecule has 2 aliphatic rings. The molecular weight excluding hydrogens is 424 g/mol. The maximum absolute atomic E-state index is 13.4. The average molecular weight is 445 g/mol. The van der Waals surface area contributed by atoms with E-state index in [4.69, 9.17) is 20.8 Å². The van der Waals surface area contributed by atoms with E-state index in [1.807, 2.05) is 24.3 Å². The summed E-state index contributed by atoms with van der Waals surface area (Å²) in [7, 11) is 0. The van der Waals surface area contributed by atoms with Crippen molar-refractivity contribution in [2.24, 2.45) is 0 Å². The van der Waals surface area contributed by atoms with Crippen molar-refractivity contribution in [2.75, 3.05) is 13.1 Å². The predicted molar refractivity (Wildman–Crippen MR) is 114 cm³/mol. The summed E-state index contributed by atoms with van der Waals surface area (Å²) in [5.41, 5.74) is 0.934. The van der Waals surface area contributed by atoms with E-state index in [0.29, 0.717) is 21.8 Å². The van der Waals surface area contributed by atoms with E-state index in [9.17, 15) is 4.79 Å². The minimum absolute atomic E-state index is 0.0703. The first-order valence-electron chi connectivity index (χ1n) is 9.87. The highest BCUT2D eigenvalue weighted by atomic mass is 35.5. The number of halogens is 1. The number of nitrogens with zero attached hydrogens (tertiary/aromatic N) is 4. The zero-order valence-electron chi connectivity index (χ0n) is 16.6. The van der Waals surface area contributed by atoms with Gasteiger partial charge < -0.3 is 9.15 Å². The Hall–Kier alpha value is -2.13. The number of benzene rings is 1. The molecule has 1 aromatic carbocycles. The molecule has 1 saturated heterocycles. The van der Waals surface area contributed by atoms with Gasteiger partial charge in [-0.05, 0) is 37.6 Å². The first-order valence-corrected chi connectivity index (χ1v) is 11.1. The van der Waals surface area contributed by atoms with Crippen LogP contribution in [-0.2, 0) is 4.74 Å². The highest BCUT2D eigenvalue weighted by Crippen LogP contribution is 2.44. The van der Waals surface area contributed by atoms with Crippen molar-refractivity contribution in [1.29, 1.82) is 0 Å². The molecule has 0 N–H and O–H groups in total. The Balaban J connectivity index is 1.51. The molecule has 4 unspecified atom stereocenters. The fourth-order valence-corrected chi connectivity index (χ4v) is 5.72. The van der Waals surface area contributed by atoms with Gasteiger partial charge in [0.2, 0.25) is 5.82 Å². The number of morpholine rings is 1. The van der Waals surface area contributed by atoms with Gasteiger partial charge in [-0.1, -0.05) is 41.6 Å². The van der Waals surface area contributed by atoms with E-state index in [1.54, 1.807) is 18.4 Å². The molecule has 2 aliphatic heterocycles. The molecule has 7 nitrogen and oxygen atoms in total. The topological polar surface area (TPSA) is 73.4 Å². The quantitative estimate of drug-likeness (QED) is 0.598. The van der Waals surface area contributed by atoms with Gasteiger partial charge in [-0.2, -0.15) is 9.67 Å². The van der Waals surface area contributed by atoms with Gasteiger partial charge in [-0.25, -0.2) is 0 Å². The Labute approximate surface area is 183 Å². The van der Waals surface area contributed by atoms with Crippen LogP contribution in [0.25, 0.3) is 11.6 Å². The summed E-state index contributed by atoms with van der Waals surface area (Å²) in [6.45, 7) is 5.55. The zero-order chi connectivity index (χ0) is 20.8. The second-order valence-corrected chi connectivity index (χ2v) is 9.18. The molecule has 2 aromatic heterocycles. The Kier molecular flexibility index (Phi) is 5.18. The highest BCUT2D eigenvalue weighted by Gasteiger charge is 2.45. The summed E-state index contributed by atoms with van der Waals surface area (Å²) in [5.74, 6) is 0.856. The first kappa shape index (κ1) is 19.8. The van der Waals surface area contributed by atoms with Crippen LogP contribution in [0.4, 0.5) is 0 Å². The van der Waals surface area contributed by atoms with Gasteiger partial charge >= 0.3 is 0 Å². The van der Waals surface area contributed by atoms with Crippen molar-refractivity contribution in [2.45, 2.75) is 42.5 Å². The molecule has 0 saturated carbocycles. The van der Waals surface area contributed by atoms with Crippen LogP contribution in [0.5, 0.6) is 0 Å². The number of furan rings is 1. The summed E-state index contributed by atoms with van der Waals surface area (Å²) in [6.07, 6.45) is 1.70. The van der Waals surface area contributed by atoms with E-state index in [0.717, 1.165) is 18.7 Å².